The topological polar surface area (TPSA) is 110 Å². The summed E-state index contributed by atoms with van der Waals surface area (Å²) in [5.74, 6) is -1.44. The van der Waals surface area contributed by atoms with Gasteiger partial charge in [-0.3, -0.25) is 0 Å². The molecule has 116 valence electrons. The largest absolute Gasteiger partial charge is 0.506 e. The standard InChI is InChI=1S/C14H20N2O5/c1-16(7-3-2-4-8-17)14(21)15-11-6-5-10(13(19)20)9-12(11)18/h5-6,9,17-18H,2-4,7-8H2,1H3,(H,15,21)(H,19,20). The molecule has 0 fully saturated rings. The van der Waals surface area contributed by atoms with E-state index in [4.69, 9.17) is 10.2 Å². The highest BCUT2D eigenvalue weighted by atomic mass is 16.4. The molecule has 0 aliphatic heterocycles. The van der Waals surface area contributed by atoms with E-state index >= 15 is 0 Å². The zero-order valence-electron chi connectivity index (χ0n) is 11.9. The summed E-state index contributed by atoms with van der Waals surface area (Å²) in [6, 6.07) is 3.34. The first-order chi connectivity index (χ1) is 9.95. The van der Waals surface area contributed by atoms with Gasteiger partial charge in [0.15, 0.2) is 0 Å². The Balaban J connectivity index is 2.56. The van der Waals surface area contributed by atoms with Crippen LogP contribution in [0.2, 0.25) is 0 Å². The van der Waals surface area contributed by atoms with Gasteiger partial charge in [0.2, 0.25) is 0 Å². The fraction of sp³-hybridized carbons (Fsp3) is 0.429. The number of phenols is 1. The number of hydrogen-bond donors (Lipinski definition) is 4. The van der Waals surface area contributed by atoms with Gasteiger partial charge in [0.1, 0.15) is 5.75 Å². The van der Waals surface area contributed by atoms with E-state index in [-0.39, 0.29) is 23.6 Å². The van der Waals surface area contributed by atoms with Gasteiger partial charge >= 0.3 is 12.0 Å². The van der Waals surface area contributed by atoms with Crippen molar-refractivity contribution in [2.45, 2.75) is 19.3 Å². The van der Waals surface area contributed by atoms with Gasteiger partial charge in [0.05, 0.1) is 11.3 Å². The SMILES string of the molecule is CN(CCCCCO)C(=O)Nc1ccc(C(=O)O)cc1O. The molecule has 7 nitrogen and oxygen atoms in total. The molecule has 1 aromatic rings. The van der Waals surface area contributed by atoms with Crippen LogP contribution in [-0.4, -0.2) is 52.4 Å². The second-order valence-corrected chi connectivity index (χ2v) is 4.67. The quantitative estimate of drug-likeness (QED) is 0.452. The average molecular weight is 296 g/mol. The van der Waals surface area contributed by atoms with Crippen molar-refractivity contribution in [3.8, 4) is 5.75 Å². The van der Waals surface area contributed by atoms with Gasteiger partial charge in [-0.25, -0.2) is 9.59 Å². The molecular weight excluding hydrogens is 276 g/mol. The highest BCUT2D eigenvalue weighted by Crippen LogP contribution is 2.24. The Kier molecular flexibility index (Phi) is 6.48. The average Bonchev–Trinajstić information content (AvgIpc) is 2.45. The maximum atomic E-state index is 11.9. The number of benzene rings is 1. The van der Waals surface area contributed by atoms with Crippen molar-refractivity contribution >= 4 is 17.7 Å². The summed E-state index contributed by atoms with van der Waals surface area (Å²) < 4.78 is 0. The molecule has 2 amide bonds. The van der Waals surface area contributed by atoms with E-state index in [1.165, 1.54) is 17.0 Å². The number of urea groups is 1. The van der Waals surface area contributed by atoms with Crippen LogP contribution in [0.25, 0.3) is 0 Å². The van der Waals surface area contributed by atoms with Crippen molar-refractivity contribution in [1.82, 2.24) is 4.90 Å². The summed E-state index contributed by atoms with van der Waals surface area (Å²) in [5.41, 5.74) is 0.107. The lowest BCUT2D eigenvalue weighted by Crippen LogP contribution is -2.32. The van der Waals surface area contributed by atoms with Gasteiger partial charge < -0.3 is 25.5 Å². The molecule has 0 saturated heterocycles. The molecule has 0 saturated carbocycles. The number of rotatable bonds is 7. The van der Waals surface area contributed by atoms with E-state index in [2.05, 4.69) is 5.32 Å². The van der Waals surface area contributed by atoms with Gasteiger partial charge in [0.25, 0.3) is 0 Å². The zero-order chi connectivity index (χ0) is 15.8. The van der Waals surface area contributed by atoms with E-state index in [0.717, 1.165) is 18.9 Å². The Bertz CT molecular complexity index is 504. The molecule has 21 heavy (non-hydrogen) atoms. The summed E-state index contributed by atoms with van der Waals surface area (Å²) in [4.78, 5) is 24.1. The molecule has 1 aromatic carbocycles. The first-order valence-corrected chi connectivity index (χ1v) is 6.65. The molecular formula is C14H20N2O5. The number of aliphatic hydroxyl groups excluding tert-OH is 1. The molecule has 0 aliphatic carbocycles. The van der Waals surface area contributed by atoms with Crippen molar-refractivity contribution < 1.29 is 24.9 Å². The summed E-state index contributed by atoms with van der Waals surface area (Å²) in [6.45, 7) is 0.666. The van der Waals surface area contributed by atoms with E-state index < -0.39 is 12.0 Å². The molecule has 0 unspecified atom stereocenters. The second-order valence-electron chi connectivity index (χ2n) is 4.67. The third-order valence-corrected chi connectivity index (χ3v) is 2.98. The third-order valence-electron chi connectivity index (χ3n) is 2.98. The van der Waals surface area contributed by atoms with Crippen molar-refractivity contribution in [2.75, 3.05) is 25.5 Å². The third kappa shape index (κ3) is 5.31. The smallest absolute Gasteiger partial charge is 0.335 e. The molecule has 0 aromatic heterocycles. The number of carboxylic acid groups (broad SMARTS) is 1. The summed E-state index contributed by atoms with van der Waals surface area (Å²) in [5, 5.41) is 29.7. The Labute approximate surface area is 122 Å². The first-order valence-electron chi connectivity index (χ1n) is 6.65. The van der Waals surface area contributed by atoms with Crippen LogP contribution in [0, 0.1) is 0 Å². The van der Waals surface area contributed by atoms with E-state index in [9.17, 15) is 14.7 Å². The summed E-state index contributed by atoms with van der Waals surface area (Å²) in [7, 11) is 1.62. The number of phenolic OH excluding ortho intramolecular Hbond substituents is 1. The van der Waals surface area contributed by atoms with Crippen molar-refractivity contribution in [3.05, 3.63) is 23.8 Å². The molecule has 4 N–H and O–H groups in total. The molecule has 1 rings (SSSR count). The summed E-state index contributed by atoms with van der Waals surface area (Å²) >= 11 is 0. The minimum absolute atomic E-state index is 0.0529. The molecule has 0 atom stereocenters. The van der Waals surface area contributed by atoms with E-state index in [0.29, 0.717) is 13.0 Å². The van der Waals surface area contributed by atoms with Crippen LogP contribution in [0.4, 0.5) is 10.5 Å². The predicted molar refractivity (Wildman–Crippen MR) is 77.7 cm³/mol. The number of amides is 2. The Morgan fingerprint density at radius 3 is 2.52 bits per heavy atom. The number of nitrogens with one attached hydrogen (secondary N) is 1. The van der Waals surface area contributed by atoms with Crippen LogP contribution in [0.1, 0.15) is 29.6 Å². The molecule has 7 heteroatoms. The molecule has 0 aliphatic rings. The number of aromatic carboxylic acids is 1. The molecule has 0 radical (unpaired) electrons. The summed E-state index contributed by atoms with van der Waals surface area (Å²) in [6.07, 6.45) is 2.30. The van der Waals surface area contributed by atoms with Crippen LogP contribution >= 0.6 is 0 Å². The lowest BCUT2D eigenvalue weighted by Gasteiger charge is -2.18. The Hall–Kier alpha value is -2.28. The molecule has 0 heterocycles. The normalized spacial score (nSPS) is 10.2. The number of aliphatic hydroxyl groups is 1. The number of unbranched alkanes of at least 4 members (excludes halogenated alkanes) is 2. The van der Waals surface area contributed by atoms with Crippen molar-refractivity contribution in [1.29, 1.82) is 0 Å². The highest BCUT2D eigenvalue weighted by Gasteiger charge is 2.12. The monoisotopic (exact) mass is 296 g/mol. The van der Waals surface area contributed by atoms with Crippen LogP contribution in [0.5, 0.6) is 5.75 Å². The lowest BCUT2D eigenvalue weighted by atomic mass is 10.2. The van der Waals surface area contributed by atoms with E-state index in [1.807, 2.05) is 0 Å². The van der Waals surface area contributed by atoms with Crippen LogP contribution in [0.15, 0.2) is 18.2 Å². The zero-order valence-corrected chi connectivity index (χ0v) is 11.9. The van der Waals surface area contributed by atoms with Gasteiger partial charge in [-0.2, -0.15) is 0 Å². The van der Waals surface area contributed by atoms with Gasteiger partial charge in [-0.05, 0) is 37.5 Å². The van der Waals surface area contributed by atoms with Crippen molar-refractivity contribution in [2.24, 2.45) is 0 Å². The van der Waals surface area contributed by atoms with Gasteiger partial charge in [-0.1, -0.05) is 0 Å². The van der Waals surface area contributed by atoms with Gasteiger partial charge in [-0.15, -0.1) is 0 Å². The fourth-order valence-electron chi connectivity index (χ4n) is 1.72. The number of aromatic hydroxyl groups is 1. The first kappa shape index (κ1) is 16.8. The minimum Gasteiger partial charge on any atom is -0.506 e. The maximum absolute atomic E-state index is 11.9. The lowest BCUT2D eigenvalue weighted by molar-refractivity contribution is 0.0696. The number of nitrogens with zero attached hydrogens (tertiary/aromatic N) is 1. The number of carbonyl (C=O) groups is 2. The fourth-order valence-corrected chi connectivity index (χ4v) is 1.72. The van der Waals surface area contributed by atoms with Gasteiger partial charge in [0, 0.05) is 20.2 Å². The molecule has 0 spiro atoms. The number of carboxylic acids is 1. The number of hydrogen-bond acceptors (Lipinski definition) is 4. The van der Waals surface area contributed by atoms with Crippen molar-refractivity contribution in [3.63, 3.8) is 0 Å². The van der Waals surface area contributed by atoms with E-state index in [1.54, 1.807) is 7.05 Å². The van der Waals surface area contributed by atoms with Crippen LogP contribution in [0.3, 0.4) is 0 Å². The van der Waals surface area contributed by atoms with Crippen LogP contribution in [-0.2, 0) is 0 Å². The number of anilines is 1. The highest BCUT2D eigenvalue weighted by molar-refractivity contribution is 5.93. The Morgan fingerprint density at radius 1 is 1.24 bits per heavy atom. The Morgan fingerprint density at radius 2 is 1.95 bits per heavy atom. The number of carbonyl (C=O) groups excluding carboxylic acids is 1. The minimum atomic E-state index is -1.15. The predicted octanol–water partition coefficient (Wildman–Crippen LogP) is 1.72. The second kappa shape index (κ2) is 8.11. The maximum Gasteiger partial charge on any atom is 0.335 e. The van der Waals surface area contributed by atoms with Crippen LogP contribution < -0.4 is 5.32 Å². The molecule has 0 bridgehead atoms.